The summed E-state index contributed by atoms with van der Waals surface area (Å²) in [5, 5.41) is 0. The second-order valence-corrected chi connectivity index (χ2v) is 19.0. The molecule has 0 heterocycles. The van der Waals surface area contributed by atoms with Crippen molar-refractivity contribution in [3.63, 3.8) is 0 Å². The van der Waals surface area contributed by atoms with Crippen LogP contribution in [0, 0.1) is 0 Å². The van der Waals surface area contributed by atoms with Crippen molar-refractivity contribution in [1.29, 1.82) is 0 Å². The van der Waals surface area contributed by atoms with Gasteiger partial charge in [-0.25, -0.2) is 0 Å². The van der Waals surface area contributed by atoms with Gasteiger partial charge in [-0.3, -0.25) is 4.57 Å². The fraction of sp³-hybridized carbons (Fsp3) is 1.00. The van der Waals surface area contributed by atoms with Gasteiger partial charge in [-0.1, -0.05) is 0 Å². The minimum Gasteiger partial charge on any atom is -0.425 e. The zero-order valence-electron chi connectivity index (χ0n) is 11.8. The molecule has 0 aromatic carbocycles. The van der Waals surface area contributed by atoms with Gasteiger partial charge in [0.2, 0.25) is 0 Å². The number of rotatable bonds is 5. The second kappa shape index (κ2) is 4.80. The predicted octanol–water partition coefficient (Wildman–Crippen LogP) is 2.82. The molecule has 0 saturated carbocycles. The van der Waals surface area contributed by atoms with Crippen LogP contribution in [-0.2, 0) is 8.23 Å². The molecular weight excluding hydrogens is 238 g/mol. The van der Waals surface area contributed by atoms with Crippen molar-refractivity contribution >= 4 is 25.4 Å². The lowest BCUT2D eigenvalue weighted by molar-refractivity contribution is 0.302. The minimum atomic E-state index is -2.14. The smallest absolute Gasteiger partial charge is 0.403 e. The van der Waals surface area contributed by atoms with Crippen molar-refractivity contribution in [2.45, 2.75) is 45.8 Å². The average molecular weight is 266 g/mol. The van der Waals surface area contributed by atoms with Crippen LogP contribution in [0.25, 0.3) is 0 Å². The quantitative estimate of drug-likeness (QED) is 0.714. The van der Waals surface area contributed by atoms with Crippen LogP contribution in [-0.4, -0.2) is 44.0 Å². The second-order valence-electron chi connectivity index (χ2n) is 6.22. The van der Waals surface area contributed by atoms with Gasteiger partial charge in [0.1, 0.15) is 0 Å². The summed E-state index contributed by atoms with van der Waals surface area (Å²) >= 11 is 0. The monoisotopic (exact) mass is 265 g/mol. The molecule has 0 saturated heterocycles. The number of nitrogens with zero attached hydrogens (tertiary/aromatic N) is 1. The molecule has 0 aromatic rings. The Morgan fingerprint density at radius 1 is 0.667 bits per heavy atom. The maximum absolute atomic E-state index is 6.28. The largest absolute Gasteiger partial charge is 0.425 e. The molecule has 0 aromatic heterocycles. The van der Waals surface area contributed by atoms with Crippen molar-refractivity contribution in [2.75, 3.05) is 14.1 Å². The van der Waals surface area contributed by atoms with Gasteiger partial charge in [0.25, 0.3) is 0 Å². The standard InChI is InChI=1S/C9H27NO2Si3/c1-10(2)15(9,11-13(3,4)5)12-14(6,7)8/h1-9H3. The zero-order valence-corrected chi connectivity index (χ0v) is 14.8. The number of hydrogen-bond donors (Lipinski definition) is 0. The van der Waals surface area contributed by atoms with Crippen LogP contribution in [0.1, 0.15) is 0 Å². The Bertz CT molecular complexity index is 192. The Morgan fingerprint density at radius 3 is 1.07 bits per heavy atom. The van der Waals surface area contributed by atoms with Crippen LogP contribution in [0.3, 0.4) is 0 Å². The predicted molar refractivity (Wildman–Crippen MR) is 74.2 cm³/mol. The summed E-state index contributed by atoms with van der Waals surface area (Å²) in [4.78, 5) is 0. The summed E-state index contributed by atoms with van der Waals surface area (Å²) in [5.74, 6) is 0. The molecule has 0 radical (unpaired) electrons. The van der Waals surface area contributed by atoms with E-state index in [1.807, 2.05) is 0 Å². The van der Waals surface area contributed by atoms with Crippen molar-refractivity contribution in [1.82, 2.24) is 4.57 Å². The van der Waals surface area contributed by atoms with E-state index in [4.69, 9.17) is 8.23 Å². The summed E-state index contributed by atoms with van der Waals surface area (Å²) in [7, 11) is -1.09. The summed E-state index contributed by atoms with van der Waals surface area (Å²) < 4.78 is 14.7. The fourth-order valence-electron chi connectivity index (χ4n) is 1.34. The van der Waals surface area contributed by atoms with Gasteiger partial charge in [0.05, 0.1) is 0 Å². The van der Waals surface area contributed by atoms with Gasteiger partial charge in [0.15, 0.2) is 16.6 Å². The van der Waals surface area contributed by atoms with Crippen LogP contribution in [0.2, 0.25) is 45.8 Å². The molecule has 92 valence electrons. The molecule has 3 nitrogen and oxygen atoms in total. The van der Waals surface area contributed by atoms with Gasteiger partial charge < -0.3 is 8.23 Å². The summed E-state index contributed by atoms with van der Waals surface area (Å²) in [5.41, 5.74) is 0. The summed E-state index contributed by atoms with van der Waals surface area (Å²) in [6.07, 6.45) is 0. The van der Waals surface area contributed by atoms with Crippen LogP contribution in [0.4, 0.5) is 0 Å². The van der Waals surface area contributed by atoms with Crippen molar-refractivity contribution in [3.8, 4) is 0 Å². The lowest BCUT2D eigenvalue weighted by Crippen LogP contribution is -2.61. The molecule has 6 heteroatoms. The van der Waals surface area contributed by atoms with Gasteiger partial charge in [-0.05, 0) is 59.9 Å². The Labute approximate surface area is 98.4 Å². The lowest BCUT2D eigenvalue weighted by Gasteiger charge is -2.41. The highest BCUT2D eigenvalue weighted by Gasteiger charge is 2.43. The molecule has 0 fully saturated rings. The molecule has 0 spiro atoms. The van der Waals surface area contributed by atoms with Crippen molar-refractivity contribution in [3.05, 3.63) is 0 Å². The average Bonchev–Trinajstić information content (AvgIpc) is 1.75. The van der Waals surface area contributed by atoms with Gasteiger partial charge in [-0.2, -0.15) is 0 Å². The van der Waals surface area contributed by atoms with Crippen molar-refractivity contribution in [2.24, 2.45) is 0 Å². The highest BCUT2D eigenvalue weighted by atomic mass is 28.5. The first kappa shape index (κ1) is 15.5. The summed E-state index contributed by atoms with van der Waals surface area (Å²) in [6, 6.07) is 0. The van der Waals surface area contributed by atoms with E-state index in [0.29, 0.717) is 0 Å². The molecule has 0 aliphatic rings. The van der Waals surface area contributed by atoms with E-state index in [-0.39, 0.29) is 0 Å². The molecule has 15 heavy (non-hydrogen) atoms. The molecule has 0 aliphatic heterocycles. The van der Waals surface area contributed by atoms with E-state index in [9.17, 15) is 0 Å². The first-order valence-electron chi connectivity index (χ1n) is 5.43. The Balaban J connectivity index is 4.76. The van der Waals surface area contributed by atoms with E-state index in [0.717, 1.165) is 0 Å². The highest BCUT2D eigenvalue weighted by Crippen LogP contribution is 2.21. The molecule has 0 bridgehead atoms. The summed E-state index contributed by atoms with van der Waals surface area (Å²) in [6.45, 7) is 15.5. The van der Waals surface area contributed by atoms with Crippen LogP contribution >= 0.6 is 0 Å². The molecule has 0 atom stereocenters. The van der Waals surface area contributed by atoms with E-state index >= 15 is 0 Å². The van der Waals surface area contributed by atoms with Crippen LogP contribution < -0.4 is 0 Å². The van der Waals surface area contributed by atoms with Gasteiger partial charge in [-0.15, -0.1) is 0 Å². The zero-order chi connectivity index (χ0) is 12.5. The molecule has 0 N–H and O–H groups in total. The Kier molecular flexibility index (Phi) is 4.97. The third-order valence-electron chi connectivity index (χ3n) is 1.80. The lowest BCUT2D eigenvalue weighted by atomic mass is 11.3. The molecular formula is C9H27NO2Si3. The van der Waals surface area contributed by atoms with Crippen molar-refractivity contribution < 1.29 is 8.23 Å². The fourth-order valence-corrected chi connectivity index (χ4v) is 12.4. The minimum absolute atomic E-state index is 1.54. The molecule has 0 unspecified atom stereocenters. The normalized spacial score (nSPS) is 14.8. The number of hydrogen-bond acceptors (Lipinski definition) is 3. The third kappa shape index (κ3) is 6.64. The first-order chi connectivity index (χ1) is 6.36. The van der Waals surface area contributed by atoms with E-state index in [1.54, 1.807) is 0 Å². The van der Waals surface area contributed by atoms with E-state index < -0.39 is 25.4 Å². The Hall–Kier alpha value is 0.531. The van der Waals surface area contributed by atoms with Gasteiger partial charge in [0, 0.05) is 0 Å². The first-order valence-corrected chi connectivity index (χ1v) is 14.5. The maximum Gasteiger partial charge on any atom is 0.403 e. The van der Waals surface area contributed by atoms with Crippen LogP contribution in [0.5, 0.6) is 0 Å². The Morgan fingerprint density at radius 2 is 0.933 bits per heavy atom. The SMILES string of the molecule is CN(C)[Si](C)(O[Si](C)(C)C)O[Si](C)(C)C. The van der Waals surface area contributed by atoms with Crippen LogP contribution in [0.15, 0.2) is 0 Å². The topological polar surface area (TPSA) is 21.7 Å². The highest BCUT2D eigenvalue weighted by molar-refractivity contribution is 6.86. The van der Waals surface area contributed by atoms with E-state index in [2.05, 4.69) is 64.5 Å². The molecule has 0 rings (SSSR count). The van der Waals surface area contributed by atoms with E-state index in [1.165, 1.54) is 0 Å². The maximum atomic E-state index is 6.28. The van der Waals surface area contributed by atoms with Gasteiger partial charge >= 0.3 is 8.72 Å². The molecule has 0 aliphatic carbocycles. The third-order valence-corrected chi connectivity index (χ3v) is 11.4. The molecule has 0 amide bonds.